The minimum atomic E-state index is -1.24. The molecule has 8 nitrogen and oxygen atoms in total. The summed E-state index contributed by atoms with van der Waals surface area (Å²) in [7, 11) is 2.07. The van der Waals surface area contributed by atoms with Gasteiger partial charge >= 0.3 is 0 Å². The van der Waals surface area contributed by atoms with E-state index >= 15 is 0 Å². The maximum atomic E-state index is 12.5. The minimum Gasteiger partial charge on any atom is -0.380 e. The summed E-state index contributed by atoms with van der Waals surface area (Å²) in [6.07, 6.45) is 5.93. The second-order valence-electron chi connectivity index (χ2n) is 12.2. The first-order valence-corrected chi connectivity index (χ1v) is 14.1. The molecule has 1 N–H and O–H groups in total. The van der Waals surface area contributed by atoms with Crippen molar-refractivity contribution in [2.24, 2.45) is 5.41 Å². The van der Waals surface area contributed by atoms with Crippen LogP contribution in [0.4, 0.5) is 0 Å². The van der Waals surface area contributed by atoms with Crippen LogP contribution >= 0.6 is 0 Å². The highest BCUT2D eigenvalue weighted by atomic mass is 16.5. The molecular formula is C31H41N5O3. The van der Waals surface area contributed by atoms with E-state index in [1.807, 2.05) is 11.0 Å². The van der Waals surface area contributed by atoms with Gasteiger partial charge in [0.25, 0.3) is 0 Å². The lowest BCUT2D eigenvalue weighted by Gasteiger charge is -2.55. The van der Waals surface area contributed by atoms with Crippen LogP contribution in [0.15, 0.2) is 47.2 Å². The van der Waals surface area contributed by atoms with Crippen molar-refractivity contribution >= 4 is 5.91 Å². The first-order chi connectivity index (χ1) is 18.5. The molecule has 3 aromatic rings. The highest BCUT2D eigenvalue weighted by Crippen LogP contribution is 2.50. The van der Waals surface area contributed by atoms with Crippen LogP contribution in [0.1, 0.15) is 82.4 Å². The van der Waals surface area contributed by atoms with Crippen molar-refractivity contribution in [3.63, 3.8) is 0 Å². The molecule has 2 saturated heterocycles. The highest BCUT2D eigenvalue weighted by molar-refractivity contribution is 5.73. The number of piperidine rings is 1. The van der Waals surface area contributed by atoms with Crippen molar-refractivity contribution in [3.8, 4) is 11.4 Å². The van der Waals surface area contributed by atoms with Crippen molar-refractivity contribution in [2.45, 2.75) is 70.8 Å². The average Bonchev–Trinajstić information content (AvgIpc) is 3.43. The molecule has 208 valence electrons. The molecule has 39 heavy (non-hydrogen) atoms. The number of carbonyl (C=O) groups excluding carboxylic acids is 1. The highest BCUT2D eigenvalue weighted by Gasteiger charge is 2.55. The third-order valence-corrected chi connectivity index (χ3v) is 9.24. The van der Waals surface area contributed by atoms with Crippen LogP contribution in [0.3, 0.4) is 0 Å². The summed E-state index contributed by atoms with van der Waals surface area (Å²) in [5.74, 6) is 1.60. The molecule has 5 rings (SSSR count). The summed E-state index contributed by atoms with van der Waals surface area (Å²) >= 11 is 0. The zero-order valence-electron chi connectivity index (χ0n) is 24.1. The summed E-state index contributed by atoms with van der Waals surface area (Å²) in [5.41, 5.74) is 1.66. The molecule has 1 amide bonds. The molecule has 0 radical (unpaired) electrons. The van der Waals surface area contributed by atoms with E-state index in [9.17, 15) is 9.90 Å². The number of aromatic nitrogens is 3. The van der Waals surface area contributed by atoms with Crippen LogP contribution in [0.25, 0.3) is 11.4 Å². The van der Waals surface area contributed by atoms with Gasteiger partial charge in [0.1, 0.15) is 5.60 Å². The molecule has 0 bridgehead atoms. The Kier molecular flexibility index (Phi) is 7.14. The van der Waals surface area contributed by atoms with Gasteiger partial charge in [-0.05, 0) is 49.4 Å². The molecule has 0 spiro atoms. The van der Waals surface area contributed by atoms with Gasteiger partial charge in [-0.3, -0.25) is 9.78 Å². The van der Waals surface area contributed by atoms with Crippen LogP contribution in [0.2, 0.25) is 0 Å². The van der Waals surface area contributed by atoms with Crippen molar-refractivity contribution < 1.29 is 14.4 Å². The topological polar surface area (TPSA) is 95.6 Å². The van der Waals surface area contributed by atoms with Gasteiger partial charge in [0.05, 0.1) is 5.41 Å². The second-order valence-corrected chi connectivity index (χ2v) is 12.2. The number of hydrogen-bond donors (Lipinski definition) is 1. The Morgan fingerprint density at radius 2 is 1.79 bits per heavy atom. The predicted octanol–water partition coefficient (Wildman–Crippen LogP) is 4.73. The molecule has 2 aromatic heterocycles. The second kappa shape index (κ2) is 10.1. The summed E-state index contributed by atoms with van der Waals surface area (Å²) in [6, 6.07) is 10.3. The van der Waals surface area contributed by atoms with Gasteiger partial charge in [0.2, 0.25) is 17.6 Å². The Labute approximate surface area is 231 Å². The van der Waals surface area contributed by atoms with Crippen LogP contribution in [-0.4, -0.2) is 69.2 Å². The van der Waals surface area contributed by atoms with Crippen LogP contribution in [0, 0.1) is 5.41 Å². The molecular weight excluding hydrogens is 490 g/mol. The van der Waals surface area contributed by atoms with Crippen LogP contribution in [-0.2, 0) is 15.8 Å². The van der Waals surface area contributed by atoms with Crippen molar-refractivity contribution in [3.05, 3.63) is 65.3 Å². The number of pyridine rings is 1. The Hall–Kier alpha value is -3.10. The van der Waals surface area contributed by atoms with E-state index in [4.69, 9.17) is 9.51 Å². The predicted molar refractivity (Wildman–Crippen MR) is 150 cm³/mol. The van der Waals surface area contributed by atoms with Crippen LogP contribution in [0.5, 0.6) is 0 Å². The van der Waals surface area contributed by atoms with Gasteiger partial charge < -0.3 is 19.4 Å². The lowest BCUT2D eigenvalue weighted by Crippen LogP contribution is -2.63. The number of amides is 1. The van der Waals surface area contributed by atoms with E-state index < -0.39 is 5.60 Å². The molecule has 1 aromatic carbocycles. The minimum absolute atomic E-state index is 0.103. The molecule has 2 aliphatic rings. The normalized spacial score (nSPS) is 20.5. The number of nitrogens with zero attached hydrogens (tertiary/aromatic N) is 5. The van der Waals surface area contributed by atoms with E-state index in [1.54, 1.807) is 19.3 Å². The Balaban J connectivity index is 1.50. The maximum absolute atomic E-state index is 12.5. The lowest BCUT2D eigenvalue weighted by atomic mass is 9.62. The van der Waals surface area contributed by atoms with Crippen LogP contribution < -0.4 is 0 Å². The standard InChI is InChI=1S/C31H41N5O3/c1-7-30(12-14-36(15-13-30)22(4)37)28-33-27(34-39-28)24-16-26(18-32-17-24)31(38,29(5)19-35(6)20-29)25-10-8-23(9-11-25)21(2)3/h8-11,16-18,21,38H,7,12-15,19-20H2,1-6H3. The van der Waals surface area contributed by atoms with Gasteiger partial charge in [-0.15, -0.1) is 0 Å². The fraction of sp³-hybridized carbons (Fsp3) is 0.548. The largest absolute Gasteiger partial charge is 0.380 e. The Morgan fingerprint density at radius 3 is 2.36 bits per heavy atom. The molecule has 1 unspecified atom stereocenters. The zero-order valence-corrected chi connectivity index (χ0v) is 24.1. The molecule has 0 aliphatic carbocycles. The van der Waals surface area contributed by atoms with Gasteiger partial charge in [-0.2, -0.15) is 4.98 Å². The first kappa shape index (κ1) is 27.5. The van der Waals surface area contributed by atoms with Crippen molar-refractivity contribution in [1.29, 1.82) is 0 Å². The van der Waals surface area contributed by atoms with E-state index in [2.05, 4.69) is 74.0 Å². The maximum Gasteiger partial charge on any atom is 0.233 e. The van der Waals surface area contributed by atoms with Gasteiger partial charge in [-0.1, -0.05) is 57.1 Å². The summed E-state index contributed by atoms with van der Waals surface area (Å²) in [5, 5.41) is 16.9. The fourth-order valence-corrected chi connectivity index (χ4v) is 6.63. The van der Waals surface area contributed by atoms with E-state index in [1.165, 1.54) is 5.56 Å². The molecule has 2 aliphatic heterocycles. The fourth-order valence-electron chi connectivity index (χ4n) is 6.63. The zero-order chi connectivity index (χ0) is 28.0. The molecule has 0 saturated carbocycles. The lowest BCUT2D eigenvalue weighted by molar-refractivity contribution is -0.130. The smallest absolute Gasteiger partial charge is 0.233 e. The van der Waals surface area contributed by atoms with Gasteiger partial charge in [0.15, 0.2) is 0 Å². The first-order valence-electron chi connectivity index (χ1n) is 14.1. The average molecular weight is 532 g/mol. The van der Waals surface area contributed by atoms with Crippen molar-refractivity contribution in [2.75, 3.05) is 33.2 Å². The van der Waals surface area contributed by atoms with E-state index in [0.717, 1.165) is 43.5 Å². The summed E-state index contributed by atoms with van der Waals surface area (Å²) in [4.78, 5) is 25.3. The molecule has 4 heterocycles. The Bertz CT molecular complexity index is 1320. The third-order valence-electron chi connectivity index (χ3n) is 9.24. The number of hydrogen-bond acceptors (Lipinski definition) is 7. The van der Waals surface area contributed by atoms with Crippen molar-refractivity contribution in [1.82, 2.24) is 24.9 Å². The number of benzene rings is 1. The Morgan fingerprint density at radius 1 is 1.13 bits per heavy atom. The number of aliphatic hydroxyl groups is 1. The third kappa shape index (κ3) is 4.67. The molecule has 1 atom stereocenters. The summed E-state index contributed by atoms with van der Waals surface area (Å²) in [6.45, 7) is 13.1. The van der Waals surface area contributed by atoms with Gasteiger partial charge in [-0.25, -0.2) is 0 Å². The van der Waals surface area contributed by atoms with E-state index in [0.29, 0.717) is 36.3 Å². The monoisotopic (exact) mass is 531 g/mol. The summed E-state index contributed by atoms with van der Waals surface area (Å²) < 4.78 is 5.85. The number of rotatable bonds is 7. The number of likely N-dealkylation sites (tertiary alicyclic amines) is 2. The SMILES string of the molecule is CCC1(c2nc(-c3cncc(C(O)(c4ccc(C(C)C)cc4)C4(C)CN(C)C4)c3)no2)CCN(C(C)=O)CC1. The van der Waals surface area contributed by atoms with Gasteiger partial charge in [0, 0.05) is 62.0 Å². The van der Waals surface area contributed by atoms with E-state index in [-0.39, 0.29) is 16.7 Å². The molecule has 2 fully saturated rings. The molecule has 8 heteroatoms. The number of carbonyl (C=O) groups is 1. The quantitative estimate of drug-likeness (QED) is 0.471.